The number of aliphatic hydroxyl groups excluding tert-OH is 1. The standard InChI is InChI=1S/C29H37N5O5/c1-18-14-34(19(2)17-35)28(36)23-12-9-13-24(30-29(37)31-26-20(3)32-39-21(26)4)27(23)38-25(18)16-33(5)15-22-10-7-6-8-11-22/h6-13,18-19,25,35H,14-17H2,1-5H3,(H2,30,31,37)/t18-,19-,25-/m0/s1. The molecule has 10 nitrogen and oxygen atoms in total. The second kappa shape index (κ2) is 12.3. The maximum Gasteiger partial charge on any atom is 0.323 e. The SMILES string of the molecule is Cc1noc(C)c1NC(=O)Nc1cccc2c1O[C@@H](CN(C)Cc1ccccc1)[C@@H](C)CN([C@@H](C)CO)C2=O. The summed E-state index contributed by atoms with van der Waals surface area (Å²) in [5.41, 5.74) is 2.92. The van der Waals surface area contributed by atoms with Crippen molar-refractivity contribution in [3.8, 4) is 5.75 Å². The highest BCUT2D eigenvalue weighted by atomic mass is 16.5. The molecular formula is C29H37N5O5. The molecule has 3 atom stereocenters. The Balaban J connectivity index is 1.64. The summed E-state index contributed by atoms with van der Waals surface area (Å²) in [4.78, 5) is 30.5. The van der Waals surface area contributed by atoms with Crippen LogP contribution in [0.4, 0.5) is 16.2 Å². The molecule has 0 bridgehead atoms. The van der Waals surface area contributed by atoms with E-state index in [9.17, 15) is 14.7 Å². The van der Waals surface area contributed by atoms with Crippen molar-refractivity contribution in [3.63, 3.8) is 0 Å². The maximum absolute atomic E-state index is 13.7. The van der Waals surface area contributed by atoms with E-state index in [0.29, 0.717) is 47.2 Å². The van der Waals surface area contributed by atoms with Crippen molar-refractivity contribution in [2.45, 2.75) is 46.4 Å². The van der Waals surface area contributed by atoms with Crippen molar-refractivity contribution in [2.75, 3.05) is 37.4 Å². The van der Waals surface area contributed by atoms with Gasteiger partial charge in [-0.25, -0.2) is 4.79 Å². The van der Waals surface area contributed by atoms with Crippen LogP contribution in [-0.4, -0.2) is 70.9 Å². The van der Waals surface area contributed by atoms with Gasteiger partial charge in [-0.15, -0.1) is 0 Å². The van der Waals surface area contributed by atoms with Crippen molar-refractivity contribution in [2.24, 2.45) is 5.92 Å². The predicted octanol–water partition coefficient (Wildman–Crippen LogP) is 4.29. The monoisotopic (exact) mass is 535 g/mol. The third-order valence-corrected chi connectivity index (χ3v) is 7.00. The van der Waals surface area contributed by atoms with Gasteiger partial charge in [0, 0.05) is 25.6 Å². The number of aromatic nitrogens is 1. The molecule has 0 unspecified atom stereocenters. The number of rotatable bonds is 8. The van der Waals surface area contributed by atoms with Gasteiger partial charge in [-0.1, -0.05) is 48.5 Å². The van der Waals surface area contributed by atoms with Crippen LogP contribution < -0.4 is 15.4 Å². The van der Waals surface area contributed by atoms with Crippen LogP contribution in [0, 0.1) is 19.8 Å². The van der Waals surface area contributed by atoms with Crippen LogP contribution in [0.1, 0.15) is 41.2 Å². The number of fused-ring (bicyclic) bond motifs is 1. The number of ether oxygens (including phenoxy) is 1. The van der Waals surface area contributed by atoms with Crippen molar-refractivity contribution >= 4 is 23.3 Å². The predicted molar refractivity (Wildman–Crippen MR) is 149 cm³/mol. The number of aliphatic hydroxyl groups is 1. The first-order valence-corrected chi connectivity index (χ1v) is 13.1. The number of carbonyl (C=O) groups is 2. The molecule has 4 rings (SSSR count). The summed E-state index contributed by atoms with van der Waals surface area (Å²) >= 11 is 0. The van der Waals surface area contributed by atoms with Gasteiger partial charge in [0.15, 0.2) is 11.5 Å². The lowest BCUT2D eigenvalue weighted by atomic mass is 9.99. The van der Waals surface area contributed by atoms with Gasteiger partial charge in [-0.3, -0.25) is 9.69 Å². The van der Waals surface area contributed by atoms with Crippen LogP contribution >= 0.6 is 0 Å². The second-order valence-electron chi connectivity index (χ2n) is 10.3. The summed E-state index contributed by atoms with van der Waals surface area (Å²) in [6.45, 7) is 8.89. The number of nitrogens with zero attached hydrogens (tertiary/aromatic N) is 3. The first-order chi connectivity index (χ1) is 18.7. The number of anilines is 2. The highest BCUT2D eigenvalue weighted by Gasteiger charge is 2.34. The van der Waals surface area contributed by atoms with E-state index in [4.69, 9.17) is 9.26 Å². The second-order valence-corrected chi connectivity index (χ2v) is 10.3. The molecule has 3 amide bonds. The Hall–Kier alpha value is -3.89. The van der Waals surface area contributed by atoms with E-state index in [1.54, 1.807) is 36.9 Å². The number of hydrogen-bond donors (Lipinski definition) is 3. The number of nitrogens with one attached hydrogen (secondary N) is 2. The zero-order chi connectivity index (χ0) is 28.1. The number of benzene rings is 2. The van der Waals surface area contributed by atoms with E-state index in [-0.39, 0.29) is 30.6 Å². The highest BCUT2D eigenvalue weighted by Crippen LogP contribution is 2.35. The molecule has 2 aromatic carbocycles. The lowest BCUT2D eigenvalue weighted by Crippen LogP contribution is -2.49. The molecule has 39 heavy (non-hydrogen) atoms. The molecule has 0 saturated heterocycles. The number of para-hydroxylation sites is 1. The molecule has 0 aliphatic carbocycles. The molecule has 0 radical (unpaired) electrons. The van der Waals surface area contributed by atoms with E-state index in [2.05, 4.69) is 32.8 Å². The first kappa shape index (κ1) is 28.1. The number of likely N-dealkylation sites (N-methyl/N-ethyl adjacent to an activating group) is 1. The molecule has 3 aromatic rings. The third-order valence-electron chi connectivity index (χ3n) is 7.00. The van der Waals surface area contributed by atoms with Gasteiger partial charge in [-0.2, -0.15) is 0 Å². The number of carbonyl (C=O) groups excluding carboxylic acids is 2. The molecule has 0 spiro atoms. The van der Waals surface area contributed by atoms with Gasteiger partial charge in [0.2, 0.25) is 0 Å². The van der Waals surface area contributed by atoms with Crippen molar-refractivity contribution < 1.29 is 24.0 Å². The lowest BCUT2D eigenvalue weighted by Gasteiger charge is -2.38. The van der Waals surface area contributed by atoms with Gasteiger partial charge in [0.1, 0.15) is 17.5 Å². The Bertz CT molecular complexity index is 1270. The fourth-order valence-electron chi connectivity index (χ4n) is 4.76. The van der Waals surface area contributed by atoms with Crippen molar-refractivity contribution in [3.05, 3.63) is 71.1 Å². The van der Waals surface area contributed by atoms with E-state index < -0.39 is 6.03 Å². The summed E-state index contributed by atoms with van der Waals surface area (Å²) in [5.74, 6) is 0.473. The first-order valence-electron chi connectivity index (χ1n) is 13.1. The number of aryl methyl sites for hydroxylation is 2. The van der Waals surface area contributed by atoms with Gasteiger partial charge in [0.25, 0.3) is 5.91 Å². The molecule has 2 heterocycles. The molecule has 0 saturated carbocycles. The van der Waals surface area contributed by atoms with Gasteiger partial charge >= 0.3 is 6.03 Å². The summed E-state index contributed by atoms with van der Waals surface area (Å²) in [7, 11) is 2.03. The van der Waals surface area contributed by atoms with Crippen LogP contribution in [0.25, 0.3) is 0 Å². The quantitative estimate of drug-likeness (QED) is 0.394. The van der Waals surface area contributed by atoms with Crippen LogP contribution in [0.2, 0.25) is 0 Å². The van der Waals surface area contributed by atoms with Gasteiger partial charge in [0.05, 0.1) is 23.9 Å². The zero-order valence-electron chi connectivity index (χ0n) is 23.1. The third kappa shape index (κ3) is 6.58. The molecular weight excluding hydrogens is 498 g/mol. The van der Waals surface area contributed by atoms with Crippen LogP contribution in [0.5, 0.6) is 5.75 Å². The number of urea groups is 1. The van der Waals surface area contributed by atoms with E-state index >= 15 is 0 Å². The van der Waals surface area contributed by atoms with E-state index in [0.717, 1.165) is 6.54 Å². The summed E-state index contributed by atoms with van der Waals surface area (Å²) in [5, 5.41) is 19.4. The summed E-state index contributed by atoms with van der Waals surface area (Å²) in [6.07, 6.45) is -0.299. The Morgan fingerprint density at radius 1 is 1.18 bits per heavy atom. The Labute approximate surface area is 228 Å². The molecule has 1 aliphatic rings. The average molecular weight is 536 g/mol. The summed E-state index contributed by atoms with van der Waals surface area (Å²) < 4.78 is 11.7. The number of hydrogen-bond acceptors (Lipinski definition) is 7. The van der Waals surface area contributed by atoms with Crippen LogP contribution in [0.3, 0.4) is 0 Å². The maximum atomic E-state index is 13.7. The largest absolute Gasteiger partial charge is 0.486 e. The lowest BCUT2D eigenvalue weighted by molar-refractivity contribution is 0.0343. The minimum atomic E-state index is -0.512. The summed E-state index contributed by atoms with van der Waals surface area (Å²) in [6, 6.07) is 14.4. The van der Waals surface area contributed by atoms with E-state index in [1.807, 2.05) is 39.1 Å². The molecule has 1 aromatic heterocycles. The normalized spacial score (nSPS) is 18.1. The van der Waals surface area contributed by atoms with Crippen molar-refractivity contribution in [1.29, 1.82) is 0 Å². The zero-order valence-corrected chi connectivity index (χ0v) is 23.1. The molecule has 10 heteroatoms. The molecule has 0 fully saturated rings. The Morgan fingerprint density at radius 2 is 1.92 bits per heavy atom. The van der Waals surface area contributed by atoms with E-state index in [1.165, 1.54) is 5.56 Å². The fraction of sp³-hybridized carbons (Fsp3) is 0.414. The Morgan fingerprint density at radius 3 is 2.59 bits per heavy atom. The van der Waals surface area contributed by atoms with Crippen LogP contribution in [-0.2, 0) is 6.54 Å². The molecule has 208 valence electrons. The minimum Gasteiger partial charge on any atom is -0.486 e. The van der Waals surface area contributed by atoms with Gasteiger partial charge in [-0.05, 0) is 45.5 Å². The topological polar surface area (TPSA) is 120 Å². The Kier molecular flexibility index (Phi) is 8.88. The van der Waals surface area contributed by atoms with Gasteiger partial charge < -0.3 is 29.9 Å². The smallest absolute Gasteiger partial charge is 0.323 e. The number of amides is 3. The molecule has 3 N–H and O–H groups in total. The fourth-order valence-corrected chi connectivity index (χ4v) is 4.76. The highest BCUT2D eigenvalue weighted by molar-refractivity contribution is 6.04. The molecule has 1 aliphatic heterocycles. The average Bonchev–Trinajstić information content (AvgIpc) is 3.23. The van der Waals surface area contributed by atoms with Crippen LogP contribution in [0.15, 0.2) is 53.1 Å². The minimum absolute atomic E-state index is 0.0569. The van der Waals surface area contributed by atoms with Crippen molar-refractivity contribution in [1.82, 2.24) is 15.0 Å².